The molecule has 2 aromatic carbocycles. The van der Waals surface area contributed by atoms with Crippen molar-refractivity contribution in [3.63, 3.8) is 0 Å². The van der Waals surface area contributed by atoms with Crippen LogP contribution in [0.2, 0.25) is 0 Å². The molecule has 0 aromatic heterocycles. The zero-order valence-corrected chi connectivity index (χ0v) is 12.8. The molecule has 0 fully saturated rings. The van der Waals surface area contributed by atoms with E-state index in [1.807, 2.05) is 12.1 Å². The van der Waals surface area contributed by atoms with Crippen molar-refractivity contribution in [1.82, 2.24) is 0 Å². The van der Waals surface area contributed by atoms with E-state index in [0.717, 1.165) is 4.47 Å². The summed E-state index contributed by atoms with van der Waals surface area (Å²) in [5.41, 5.74) is 0.682. The Morgan fingerprint density at radius 3 is 2.20 bits per heavy atom. The van der Waals surface area contributed by atoms with Gasteiger partial charge in [0.25, 0.3) is 0 Å². The molecule has 2 rings (SSSR count). The minimum Gasteiger partial charge on any atom is -0.493 e. The van der Waals surface area contributed by atoms with Crippen molar-refractivity contribution >= 4 is 15.9 Å². The van der Waals surface area contributed by atoms with E-state index in [1.54, 1.807) is 38.5 Å². The molecule has 0 spiro atoms. The standard InChI is InChI=1S/C15H15BrO4/c1-18-12-4-3-5-13(19-2)15(12)20-14-8-11(16)7-6-10(14)9-17/h3-8,17H,9H2,1-2H3. The van der Waals surface area contributed by atoms with E-state index >= 15 is 0 Å². The summed E-state index contributed by atoms with van der Waals surface area (Å²) in [6, 6.07) is 10.8. The smallest absolute Gasteiger partial charge is 0.211 e. The molecule has 0 bridgehead atoms. The first-order valence-electron chi connectivity index (χ1n) is 5.97. The zero-order valence-electron chi connectivity index (χ0n) is 11.2. The number of aliphatic hydroxyl groups excluding tert-OH is 1. The number of rotatable bonds is 5. The molecule has 0 radical (unpaired) electrons. The van der Waals surface area contributed by atoms with Crippen LogP contribution < -0.4 is 14.2 Å². The SMILES string of the molecule is COc1cccc(OC)c1Oc1cc(Br)ccc1CO. The number of para-hydroxylation sites is 1. The fourth-order valence-corrected chi connectivity index (χ4v) is 2.12. The lowest BCUT2D eigenvalue weighted by atomic mass is 10.2. The molecule has 0 atom stereocenters. The van der Waals surface area contributed by atoms with Crippen molar-refractivity contribution in [2.24, 2.45) is 0 Å². The van der Waals surface area contributed by atoms with E-state index in [0.29, 0.717) is 28.6 Å². The molecular formula is C15H15BrO4. The van der Waals surface area contributed by atoms with Crippen molar-refractivity contribution in [3.8, 4) is 23.0 Å². The average molecular weight is 339 g/mol. The summed E-state index contributed by atoms with van der Waals surface area (Å²) in [5.74, 6) is 2.15. The van der Waals surface area contributed by atoms with Gasteiger partial charge in [-0.05, 0) is 24.3 Å². The largest absolute Gasteiger partial charge is 0.493 e. The second-order valence-electron chi connectivity index (χ2n) is 4.00. The molecule has 5 heteroatoms. The van der Waals surface area contributed by atoms with Gasteiger partial charge in [-0.2, -0.15) is 0 Å². The van der Waals surface area contributed by atoms with E-state index in [1.165, 1.54) is 0 Å². The van der Waals surface area contributed by atoms with Gasteiger partial charge in [-0.1, -0.05) is 28.1 Å². The summed E-state index contributed by atoms with van der Waals surface area (Å²) in [7, 11) is 3.13. The Balaban J connectivity index is 2.46. The molecule has 0 unspecified atom stereocenters. The molecule has 2 aromatic rings. The number of hydrogen-bond donors (Lipinski definition) is 1. The average Bonchev–Trinajstić information content (AvgIpc) is 2.47. The van der Waals surface area contributed by atoms with Crippen LogP contribution in [0.1, 0.15) is 5.56 Å². The maximum Gasteiger partial charge on any atom is 0.211 e. The maximum atomic E-state index is 9.38. The summed E-state index contributed by atoms with van der Waals surface area (Å²) >= 11 is 3.39. The second-order valence-corrected chi connectivity index (χ2v) is 4.92. The van der Waals surface area contributed by atoms with Gasteiger partial charge in [0.15, 0.2) is 11.5 Å². The molecule has 0 heterocycles. The van der Waals surface area contributed by atoms with Gasteiger partial charge in [0.2, 0.25) is 5.75 Å². The van der Waals surface area contributed by atoms with Crippen molar-refractivity contribution in [2.75, 3.05) is 14.2 Å². The van der Waals surface area contributed by atoms with E-state index in [9.17, 15) is 5.11 Å². The Morgan fingerprint density at radius 2 is 1.65 bits per heavy atom. The molecular weight excluding hydrogens is 324 g/mol. The quantitative estimate of drug-likeness (QED) is 0.901. The number of ether oxygens (including phenoxy) is 3. The highest BCUT2D eigenvalue weighted by atomic mass is 79.9. The highest BCUT2D eigenvalue weighted by molar-refractivity contribution is 9.10. The van der Waals surface area contributed by atoms with Crippen LogP contribution in [0.25, 0.3) is 0 Å². The maximum absolute atomic E-state index is 9.38. The molecule has 0 aliphatic carbocycles. The first kappa shape index (κ1) is 14.7. The normalized spacial score (nSPS) is 10.2. The second kappa shape index (κ2) is 6.63. The van der Waals surface area contributed by atoms with Gasteiger partial charge in [0, 0.05) is 10.0 Å². The van der Waals surface area contributed by atoms with Gasteiger partial charge >= 0.3 is 0 Å². The van der Waals surface area contributed by atoms with Crippen LogP contribution in [0.15, 0.2) is 40.9 Å². The van der Waals surface area contributed by atoms with Crippen LogP contribution >= 0.6 is 15.9 Å². The predicted molar refractivity (Wildman–Crippen MR) is 79.7 cm³/mol. The molecule has 0 saturated heterocycles. The Hall–Kier alpha value is -1.72. The summed E-state index contributed by atoms with van der Waals surface area (Å²) in [6.45, 7) is -0.111. The van der Waals surface area contributed by atoms with E-state index in [2.05, 4.69) is 15.9 Å². The lowest BCUT2D eigenvalue weighted by Crippen LogP contribution is -1.97. The van der Waals surface area contributed by atoms with Gasteiger partial charge in [0.05, 0.1) is 20.8 Å². The highest BCUT2D eigenvalue weighted by Gasteiger charge is 2.14. The highest BCUT2D eigenvalue weighted by Crippen LogP contribution is 2.41. The molecule has 106 valence electrons. The zero-order chi connectivity index (χ0) is 14.5. The van der Waals surface area contributed by atoms with E-state index in [4.69, 9.17) is 14.2 Å². The monoisotopic (exact) mass is 338 g/mol. The third-order valence-corrected chi connectivity index (χ3v) is 3.29. The van der Waals surface area contributed by atoms with E-state index in [-0.39, 0.29) is 6.61 Å². The van der Waals surface area contributed by atoms with Crippen molar-refractivity contribution in [2.45, 2.75) is 6.61 Å². The lowest BCUT2D eigenvalue weighted by molar-refractivity contribution is 0.274. The molecule has 0 aliphatic heterocycles. The summed E-state index contributed by atoms with van der Waals surface area (Å²) < 4.78 is 17.3. The number of halogens is 1. The van der Waals surface area contributed by atoms with Gasteiger partial charge in [0.1, 0.15) is 5.75 Å². The van der Waals surface area contributed by atoms with Crippen LogP contribution in [0.4, 0.5) is 0 Å². The van der Waals surface area contributed by atoms with E-state index < -0.39 is 0 Å². The van der Waals surface area contributed by atoms with Gasteiger partial charge in [-0.3, -0.25) is 0 Å². The fraction of sp³-hybridized carbons (Fsp3) is 0.200. The van der Waals surface area contributed by atoms with Crippen LogP contribution in [0.5, 0.6) is 23.0 Å². The van der Waals surface area contributed by atoms with Crippen molar-refractivity contribution < 1.29 is 19.3 Å². The van der Waals surface area contributed by atoms with Crippen molar-refractivity contribution in [3.05, 3.63) is 46.4 Å². The van der Waals surface area contributed by atoms with Gasteiger partial charge in [-0.25, -0.2) is 0 Å². The summed E-state index contributed by atoms with van der Waals surface area (Å²) in [5, 5.41) is 9.38. The number of methoxy groups -OCH3 is 2. The topological polar surface area (TPSA) is 47.9 Å². The summed E-state index contributed by atoms with van der Waals surface area (Å²) in [4.78, 5) is 0. The fourth-order valence-electron chi connectivity index (χ4n) is 1.78. The Kier molecular flexibility index (Phi) is 4.87. The Morgan fingerprint density at radius 1 is 1.00 bits per heavy atom. The number of aliphatic hydroxyl groups is 1. The molecule has 20 heavy (non-hydrogen) atoms. The van der Waals surface area contributed by atoms with Gasteiger partial charge in [-0.15, -0.1) is 0 Å². The Labute approximate surface area is 126 Å². The van der Waals surface area contributed by atoms with Crippen LogP contribution in [-0.4, -0.2) is 19.3 Å². The first-order chi connectivity index (χ1) is 9.69. The molecule has 0 amide bonds. The molecule has 0 aliphatic rings. The van der Waals surface area contributed by atoms with Crippen LogP contribution in [-0.2, 0) is 6.61 Å². The number of hydrogen-bond acceptors (Lipinski definition) is 4. The minimum absolute atomic E-state index is 0.111. The summed E-state index contributed by atoms with van der Waals surface area (Å²) in [6.07, 6.45) is 0. The first-order valence-corrected chi connectivity index (χ1v) is 6.77. The van der Waals surface area contributed by atoms with Gasteiger partial charge < -0.3 is 19.3 Å². The third-order valence-electron chi connectivity index (χ3n) is 2.79. The lowest BCUT2D eigenvalue weighted by Gasteiger charge is -2.15. The van der Waals surface area contributed by atoms with Crippen LogP contribution in [0, 0.1) is 0 Å². The minimum atomic E-state index is -0.111. The predicted octanol–water partition coefficient (Wildman–Crippen LogP) is 3.75. The molecule has 0 saturated carbocycles. The Bertz CT molecular complexity index is 576. The van der Waals surface area contributed by atoms with Crippen LogP contribution in [0.3, 0.4) is 0 Å². The third kappa shape index (κ3) is 3.05. The van der Waals surface area contributed by atoms with Crippen molar-refractivity contribution in [1.29, 1.82) is 0 Å². The molecule has 1 N–H and O–H groups in total. The number of benzene rings is 2. The molecule has 4 nitrogen and oxygen atoms in total.